The summed E-state index contributed by atoms with van der Waals surface area (Å²) in [5, 5.41) is 13.0. The molecule has 0 atom stereocenters. The second-order valence-corrected chi connectivity index (χ2v) is 8.51. The Balaban J connectivity index is 1.16. The Hall–Kier alpha value is -3.91. The molecule has 1 amide bonds. The number of aryl methyl sites for hydroxylation is 1. The first-order chi connectivity index (χ1) is 16.6. The van der Waals surface area contributed by atoms with Crippen LogP contribution in [0.1, 0.15) is 24.2 Å². The number of H-pyrrole nitrogens is 1. The van der Waals surface area contributed by atoms with E-state index in [2.05, 4.69) is 26.6 Å². The molecule has 0 unspecified atom stereocenters. The van der Waals surface area contributed by atoms with Crippen LogP contribution in [0.5, 0.6) is 0 Å². The Bertz CT molecular complexity index is 1520. The van der Waals surface area contributed by atoms with E-state index in [-0.39, 0.29) is 17.1 Å². The largest absolute Gasteiger partial charge is 0.361 e. The molecule has 0 aliphatic rings. The lowest BCUT2D eigenvalue weighted by Gasteiger charge is -2.07. The van der Waals surface area contributed by atoms with Gasteiger partial charge >= 0.3 is 5.56 Å². The monoisotopic (exact) mass is 474 g/mol. The van der Waals surface area contributed by atoms with Gasteiger partial charge in [0.25, 0.3) is 0 Å². The Morgan fingerprint density at radius 1 is 1.03 bits per heavy atom. The van der Waals surface area contributed by atoms with Crippen molar-refractivity contribution in [2.75, 3.05) is 6.54 Å². The molecule has 0 saturated carbocycles. The number of benzene rings is 2. The summed E-state index contributed by atoms with van der Waals surface area (Å²) in [4.78, 5) is 28.4. The maximum absolute atomic E-state index is 12.8. The Labute approximate surface area is 200 Å². The maximum atomic E-state index is 12.8. The van der Waals surface area contributed by atoms with Crippen LogP contribution < -0.4 is 10.9 Å². The third-order valence-corrected chi connectivity index (χ3v) is 6.09. The molecular formula is C25H23ClN6O2. The van der Waals surface area contributed by atoms with Gasteiger partial charge in [0.15, 0.2) is 0 Å². The van der Waals surface area contributed by atoms with Gasteiger partial charge in [-0.1, -0.05) is 29.8 Å². The number of rotatable bonds is 8. The van der Waals surface area contributed by atoms with Crippen molar-refractivity contribution in [1.82, 2.24) is 29.5 Å². The van der Waals surface area contributed by atoms with Crippen molar-refractivity contribution in [3.8, 4) is 5.69 Å². The molecule has 172 valence electrons. The van der Waals surface area contributed by atoms with Crippen molar-refractivity contribution in [3.63, 3.8) is 0 Å². The second-order valence-electron chi connectivity index (χ2n) is 8.07. The van der Waals surface area contributed by atoms with Gasteiger partial charge in [0.2, 0.25) is 11.6 Å². The molecule has 0 spiro atoms. The third kappa shape index (κ3) is 4.45. The number of aromatic nitrogens is 5. The standard InChI is InChI=1S/C25H23ClN6O2/c26-18-8-10-19(11-9-18)31-14-15-32-22(29-30-24(32)25(31)34)6-3-7-23(33)27-13-12-17-16-28-21-5-2-1-4-20(17)21/h1-2,4-5,8-11,14-16,28H,3,6-7,12-13H2,(H,27,33). The summed E-state index contributed by atoms with van der Waals surface area (Å²) in [6.07, 6.45) is 7.75. The molecule has 34 heavy (non-hydrogen) atoms. The number of halogens is 1. The van der Waals surface area contributed by atoms with E-state index in [1.807, 2.05) is 24.4 Å². The number of nitrogens with one attached hydrogen (secondary N) is 2. The van der Waals surface area contributed by atoms with Crippen LogP contribution in [0.3, 0.4) is 0 Å². The summed E-state index contributed by atoms with van der Waals surface area (Å²) in [6.45, 7) is 0.582. The average Bonchev–Trinajstić information content (AvgIpc) is 3.45. The van der Waals surface area contributed by atoms with E-state index in [4.69, 9.17) is 11.6 Å². The molecule has 2 aromatic carbocycles. The lowest BCUT2D eigenvalue weighted by atomic mass is 10.1. The highest BCUT2D eigenvalue weighted by Crippen LogP contribution is 2.17. The molecular weight excluding hydrogens is 452 g/mol. The lowest BCUT2D eigenvalue weighted by molar-refractivity contribution is -0.121. The fraction of sp³-hybridized carbons (Fsp3) is 0.200. The summed E-state index contributed by atoms with van der Waals surface area (Å²) in [5.41, 5.74) is 2.97. The van der Waals surface area contributed by atoms with Crippen LogP contribution in [0, 0.1) is 0 Å². The molecule has 3 aromatic heterocycles. The predicted molar refractivity (Wildman–Crippen MR) is 132 cm³/mol. The first-order valence-electron chi connectivity index (χ1n) is 11.1. The van der Waals surface area contributed by atoms with Crippen molar-refractivity contribution in [2.24, 2.45) is 0 Å². The van der Waals surface area contributed by atoms with Gasteiger partial charge < -0.3 is 10.3 Å². The van der Waals surface area contributed by atoms with Crippen molar-refractivity contribution in [1.29, 1.82) is 0 Å². The number of aromatic amines is 1. The first-order valence-corrected chi connectivity index (χ1v) is 11.5. The quantitative estimate of drug-likeness (QED) is 0.358. The van der Waals surface area contributed by atoms with Crippen LogP contribution in [0.2, 0.25) is 5.02 Å². The van der Waals surface area contributed by atoms with Crippen molar-refractivity contribution in [3.05, 3.63) is 93.9 Å². The molecule has 0 aliphatic heterocycles. The van der Waals surface area contributed by atoms with Crippen molar-refractivity contribution < 1.29 is 4.79 Å². The van der Waals surface area contributed by atoms with E-state index in [0.29, 0.717) is 42.3 Å². The SMILES string of the molecule is O=C(CCCc1nnc2c(=O)n(-c3ccc(Cl)cc3)ccn12)NCCc1c[nH]c2ccccc12. The summed E-state index contributed by atoms with van der Waals surface area (Å²) >= 11 is 5.94. The van der Waals surface area contributed by atoms with E-state index in [9.17, 15) is 9.59 Å². The van der Waals surface area contributed by atoms with Gasteiger partial charge in [0.05, 0.1) is 0 Å². The van der Waals surface area contributed by atoms with Crippen LogP contribution in [0.4, 0.5) is 0 Å². The van der Waals surface area contributed by atoms with Gasteiger partial charge in [-0.25, -0.2) is 0 Å². The highest BCUT2D eigenvalue weighted by Gasteiger charge is 2.12. The molecule has 0 bridgehead atoms. The molecule has 2 N–H and O–H groups in total. The molecule has 0 radical (unpaired) electrons. The number of para-hydroxylation sites is 1. The zero-order valence-corrected chi connectivity index (χ0v) is 19.1. The van der Waals surface area contributed by atoms with E-state index in [1.165, 1.54) is 15.5 Å². The average molecular weight is 475 g/mol. The summed E-state index contributed by atoms with van der Waals surface area (Å²) < 4.78 is 3.19. The van der Waals surface area contributed by atoms with Crippen LogP contribution in [-0.4, -0.2) is 36.6 Å². The Morgan fingerprint density at radius 2 is 1.85 bits per heavy atom. The smallest absolute Gasteiger partial charge is 0.300 e. The first kappa shape index (κ1) is 21.9. The number of carbonyl (C=O) groups excluding carboxylic acids is 1. The topological polar surface area (TPSA) is 97.1 Å². The van der Waals surface area contributed by atoms with Gasteiger partial charge in [0, 0.05) is 59.6 Å². The van der Waals surface area contributed by atoms with Crippen LogP contribution in [0.15, 0.2) is 71.9 Å². The third-order valence-electron chi connectivity index (χ3n) is 5.84. The number of hydrogen-bond acceptors (Lipinski definition) is 4. The maximum Gasteiger partial charge on any atom is 0.300 e. The molecule has 9 heteroatoms. The number of hydrogen-bond donors (Lipinski definition) is 2. The zero-order chi connectivity index (χ0) is 23.5. The van der Waals surface area contributed by atoms with Gasteiger partial charge in [-0.3, -0.25) is 18.6 Å². The highest BCUT2D eigenvalue weighted by atomic mass is 35.5. The fourth-order valence-corrected chi connectivity index (χ4v) is 4.21. The Kier molecular flexibility index (Phi) is 6.14. The van der Waals surface area contributed by atoms with E-state index in [1.54, 1.807) is 41.1 Å². The Morgan fingerprint density at radius 3 is 2.71 bits per heavy atom. The minimum atomic E-state index is -0.265. The minimum absolute atomic E-state index is 0.00115. The molecule has 5 aromatic rings. The van der Waals surface area contributed by atoms with Gasteiger partial charge in [-0.05, 0) is 48.7 Å². The minimum Gasteiger partial charge on any atom is -0.361 e. The molecule has 8 nitrogen and oxygen atoms in total. The van der Waals surface area contributed by atoms with Crippen LogP contribution >= 0.6 is 11.6 Å². The fourth-order valence-electron chi connectivity index (χ4n) is 4.08. The highest BCUT2D eigenvalue weighted by molar-refractivity contribution is 6.30. The van der Waals surface area contributed by atoms with Crippen LogP contribution in [-0.2, 0) is 17.6 Å². The number of nitrogens with zero attached hydrogens (tertiary/aromatic N) is 4. The van der Waals surface area contributed by atoms with Crippen molar-refractivity contribution >= 4 is 34.1 Å². The normalized spacial score (nSPS) is 11.3. The molecule has 5 rings (SSSR count). The van der Waals surface area contributed by atoms with E-state index < -0.39 is 0 Å². The predicted octanol–water partition coefficient (Wildman–Crippen LogP) is 3.70. The van der Waals surface area contributed by atoms with Crippen LogP contribution in [0.25, 0.3) is 22.2 Å². The summed E-state index contributed by atoms with van der Waals surface area (Å²) in [6, 6.07) is 15.1. The lowest BCUT2D eigenvalue weighted by Crippen LogP contribution is -2.25. The summed E-state index contributed by atoms with van der Waals surface area (Å²) in [7, 11) is 0. The van der Waals surface area contributed by atoms with Gasteiger partial charge in [0.1, 0.15) is 5.82 Å². The second kappa shape index (κ2) is 9.52. The molecule has 0 fully saturated rings. The van der Waals surface area contributed by atoms with Gasteiger partial charge in [-0.2, -0.15) is 0 Å². The molecule has 0 aliphatic carbocycles. The molecule has 0 saturated heterocycles. The van der Waals surface area contributed by atoms with Gasteiger partial charge in [-0.15, -0.1) is 10.2 Å². The number of carbonyl (C=O) groups is 1. The zero-order valence-electron chi connectivity index (χ0n) is 18.4. The number of fused-ring (bicyclic) bond motifs is 2. The van der Waals surface area contributed by atoms with Crippen molar-refractivity contribution in [2.45, 2.75) is 25.7 Å². The molecule has 3 heterocycles. The van der Waals surface area contributed by atoms with E-state index in [0.717, 1.165) is 11.9 Å². The van der Waals surface area contributed by atoms with E-state index >= 15 is 0 Å². The summed E-state index contributed by atoms with van der Waals surface area (Å²) in [5.74, 6) is 0.653. The number of amides is 1.